The van der Waals surface area contributed by atoms with Gasteiger partial charge in [0.1, 0.15) is 0 Å². The van der Waals surface area contributed by atoms with Crippen molar-refractivity contribution < 1.29 is 14.5 Å². The second kappa shape index (κ2) is 8.78. The van der Waals surface area contributed by atoms with Crippen LogP contribution in [-0.4, -0.2) is 30.7 Å². The average Bonchev–Trinajstić information content (AvgIpc) is 2.88. The molecule has 2 heterocycles. The maximum Gasteiger partial charge on any atom is 0.409 e. The first kappa shape index (κ1) is 20.9. The van der Waals surface area contributed by atoms with E-state index in [4.69, 9.17) is 16.3 Å². The number of likely N-dealkylation sites (tertiary alicyclic amines) is 1. The number of ether oxygens (including phenoxy) is 1. The molecule has 1 aliphatic carbocycles. The molecule has 0 saturated carbocycles. The maximum atomic E-state index is 12.1. The van der Waals surface area contributed by atoms with Crippen molar-refractivity contribution in [3.05, 3.63) is 66.3 Å². The first-order valence-electron chi connectivity index (χ1n) is 9.81. The van der Waals surface area contributed by atoms with Crippen molar-refractivity contribution >= 4 is 55.1 Å². The van der Waals surface area contributed by atoms with E-state index in [0.29, 0.717) is 19.7 Å². The molecule has 1 aliphatic heterocycles. The molecule has 0 atom stereocenters. The molecule has 0 radical (unpaired) electrons. The molecule has 1 fully saturated rings. The van der Waals surface area contributed by atoms with Crippen LogP contribution in [0.3, 0.4) is 0 Å². The molecule has 7 heteroatoms. The number of aromatic amines is 1. The number of carbonyl (C=O) groups excluding carboxylic acids is 1. The Morgan fingerprint density at radius 3 is 2.69 bits per heavy atom. The van der Waals surface area contributed by atoms with Gasteiger partial charge in [0.2, 0.25) is 5.69 Å². The number of halogens is 3. The molecule has 29 heavy (non-hydrogen) atoms. The Bertz CT molecular complexity index is 997. The highest BCUT2D eigenvalue weighted by atomic mass is 79.9. The molecule has 1 aromatic heterocycles. The first-order valence-corrected chi connectivity index (χ1v) is 11.8. The summed E-state index contributed by atoms with van der Waals surface area (Å²) in [6, 6.07) is 6.29. The summed E-state index contributed by atoms with van der Waals surface area (Å²) in [5.41, 5.74) is 7.53. The first-order chi connectivity index (χ1) is 14.0. The van der Waals surface area contributed by atoms with Crippen molar-refractivity contribution in [3.8, 4) is 0 Å². The van der Waals surface area contributed by atoms with Gasteiger partial charge in [0, 0.05) is 23.1 Å². The topological polar surface area (TPSA) is 43.7 Å². The van der Waals surface area contributed by atoms with Gasteiger partial charge in [0.15, 0.2) is 6.20 Å². The van der Waals surface area contributed by atoms with E-state index in [0.717, 1.165) is 39.7 Å². The predicted octanol–water partition coefficient (Wildman–Crippen LogP) is 5.83. The molecule has 1 saturated heterocycles. The van der Waals surface area contributed by atoms with Gasteiger partial charge in [-0.3, -0.25) is 0 Å². The highest BCUT2D eigenvalue weighted by Gasteiger charge is 2.30. The number of benzene rings is 1. The molecule has 4 nitrogen and oxygen atoms in total. The molecular weight excluding hydrogens is 520 g/mol. The minimum Gasteiger partial charge on any atom is -0.450 e. The Morgan fingerprint density at radius 2 is 1.97 bits per heavy atom. The fourth-order valence-electron chi connectivity index (χ4n) is 4.20. The normalized spacial score (nSPS) is 16.2. The number of nitrogens with zero attached hydrogens (tertiary/aromatic N) is 1. The summed E-state index contributed by atoms with van der Waals surface area (Å²) in [6.07, 6.45) is 5.28. The standard InChI is InChI=1S/C22H21Br2ClN2O2/c1-2-29-22(28)27-9-7-13(8-10-27)19-16-5-6-18(25)20(24)17(16)4-3-14-11-15(23)12-26-21(14)19/h5-6,11-12H,2-4,7-10H2,1H3/p+1. The molecule has 0 spiro atoms. The average molecular weight is 542 g/mol. The lowest BCUT2D eigenvalue weighted by Gasteiger charge is -2.29. The molecular formula is C22H22Br2ClN2O2+. The number of hydrogen-bond acceptors (Lipinski definition) is 2. The van der Waals surface area contributed by atoms with Crippen LogP contribution in [0.4, 0.5) is 4.79 Å². The van der Waals surface area contributed by atoms with Crippen molar-refractivity contribution in [2.45, 2.75) is 32.6 Å². The van der Waals surface area contributed by atoms with Crippen LogP contribution in [0.2, 0.25) is 5.02 Å². The van der Waals surface area contributed by atoms with E-state index in [1.165, 1.54) is 33.5 Å². The number of H-pyrrole nitrogens is 1. The largest absolute Gasteiger partial charge is 0.450 e. The fraction of sp³-hybridized carbons (Fsp3) is 0.364. The SMILES string of the molecule is CCOC(=O)N1CCC(=C2c3ccc(Cl)c(Br)c3CCc3cc(Br)c[nH+]c32)CC1. The number of aromatic nitrogens is 1. The van der Waals surface area contributed by atoms with Crippen LogP contribution in [0, 0.1) is 0 Å². The van der Waals surface area contributed by atoms with Crippen LogP contribution >= 0.6 is 43.5 Å². The highest BCUT2D eigenvalue weighted by molar-refractivity contribution is 9.10. The summed E-state index contributed by atoms with van der Waals surface area (Å²) in [6.45, 7) is 3.59. The van der Waals surface area contributed by atoms with Gasteiger partial charge in [-0.1, -0.05) is 23.2 Å². The van der Waals surface area contributed by atoms with E-state index in [1.807, 2.05) is 19.2 Å². The van der Waals surface area contributed by atoms with E-state index >= 15 is 0 Å². The number of hydrogen-bond donors (Lipinski definition) is 0. The quantitative estimate of drug-likeness (QED) is 0.456. The summed E-state index contributed by atoms with van der Waals surface area (Å²) in [5, 5.41) is 0.737. The monoisotopic (exact) mass is 539 g/mol. The minimum atomic E-state index is -0.219. The van der Waals surface area contributed by atoms with E-state index in [2.05, 4.69) is 49.0 Å². The highest BCUT2D eigenvalue weighted by Crippen LogP contribution is 2.41. The molecule has 1 amide bonds. The fourth-order valence-corrected chi connectivity index (χ4v) is 5.31. The Hall–Kier alpha value is -1.37. The van der Waals surface area contributed by atoms with Gasteiger partial charge in [0.05, 0.1) is 21.7 Å². The number of carbonyl (C=O) groups is 1. The number of fused-ring (bicyclic) bond motifs is 2. The summed E-state index contributed by atoms with van der Waals surface area (Å²) in [4.78, 5) is 17.4. The van der Waals surface area contributed by atoms with E-state index in [-0.39, 0.29) is 6.09 Å². The van der Waals surface area contributed by atoms with Gasteiger partial charge in [-0.2, -0.15) is 0 Å². The Kier molecular flexibility index (Phi) is 6.32. The van der Waals surface area contributed by atoms with Gasteiger partial charge < -0.3 is 9.64 Å². The predicted molar refractivity (Wildman–Crippen MR) is 121 cm³/mol. The third kappa shape index (κ3) is 4.12. The molecule has 2 aromatic rings. The summed E-state index contributed by atoms with van der Waals surface area (Å²) in [5.74, 6) is 0. The zero-order valence-corrected chi connectivity index (χ0v) is 20.1. The van der Waals surface area contributed by atoms with Crippen molar-refractivity contribution in [2.24, 2.45) is 0 Å². The lowest BCUT2D eigenvalue weighted by atomic mass is 9.88. The number of piperidine rings is 1. The molecule has 1 N–H and O–H groups in total. The Labute approximate surface area is 192 Å². The van der Waals surface area contributed by atoms with E-state index in [9.17, 15) is 4.79 Å². The molecule has 4 rings (SSSR count). The second-order valence-corrected chi connectivity index (χ2v) is 9.39. The minimum absolute atomic E-state index is 0.219. The Morgan fingerprint density at radius 1 is 1.21 bits per heavy atom. The van der Waals surface area contributed by atoms with E-state index < -0.39 is 0 Å². The summed E-state index contributed by atoms with van der Waals surface area (Å²) in [7, 11) is 0. The number of rotatable bonds is 1. The van der Waals surface area contributed by atoms with Crippen LogP contribution in [0.15, 0.2) is 38.9 Å². The third-order valence-electron chi connectivity index (χ3n) is 5.59. The maximum absolute atomic E-state index is 12.1. The van der Waals surface area contributed by atoms with E-state index in [1.54, 1.807) is 4.90 Å². The summed E-state index contributed by atoms with van der Waals surface area (Å²) < 4.78 is 7.20. The third-order valence-corrected chi connectivity index (χ3v) is 7.50. The second-order valence-electron chi connectivity index (χ2n) is 7.27. The number of pyridine rings is 1. The smallest absolute Gasteiger partial charge is 0.409 e. The van der Waals surface area contributed by atoms with Crippen LogP contribution in [0.5, 0.6) is 0 Å². The Balaban J connectivity index is 1.81. The van der Waals surface area contributed by atoms with Gasteiger partial charge in [-0.05, 0) is 87.7 Å². The van der Waals surface area contributed by atoms with Crippen LogP contribution in [-0.2, 0) is 17.6 Å². The van der Waals surface area contributed by atoms with Crippen molar-refractivity contribution in [1.29, 1.82) is 0 Å². The van der Waals surface area contributed by atoms with Gasteiger partial charge in [0.25, 0.3) is 0 Å². The molecule has 152 valence electrons. The lowest BCUT2D eigenvalue weighted by Crippen LogP contribution is -2.37. The number of aryl methyl sites for hydroxylation is 1. The lowest BCUT2D eigenvalue weighted by molar-refractivity contribution is -0.383. The molecule has 2 aliphatic rings. The van der Waals surface area contributed by atoms with Crippen molar-refractivity contribution in [3.63, 3.8) is 0 Å². The molecule has 0 unspecified atom stereocenters. The summed E-state index contributed by atoms with van der Waals surface area (Å²) >= 11 is 13.7. The van der Waals surface area contributed by atoms with Crippen molar-refractivity contribution in [2.75, 3.05) is 19.7 Å². The number of amides is 1. The van der Waals surface area contributed by atoms with Gasteiger partial charge in [-0.25, -0.2) is 9.78 Å². The van der Waals surface area contributed by atoms with Gasteiger partial charge >= 0.3 is 6.09 Å². The zero-order chi connectivity index (χ0) is 20.5. The zero-order valence-electron chi connectivity index (χ0n) is 16.2. The van der Waals surface area contributed by atoms with Crippen molar-refractivity contribution in [1.82, 2.24) is 4.90 Å². The molecule has 1 aromatic carbocycles. The van der Waals surface area contributed by atoms with Crippen LogP contribution in [0.1, 0.15) is 42.1 Å². The van der Waals surface area contributed by atoms with Crippen LogP contribution < -0.4 is 4.98 Å². The molecule has 0 bridgehead atoms. The van der Waals surface area contributed by atoms with Gasteiger partial charge in [-0.15, -0.1) is 0 Å². The number of nitrogens with one attached hydrogen (secondary N) is 1. The van der Waals surface area contributed by atoms with Crippen LogP contribution in [0.25, 0.3) is 5.57 Å².